The highest BCUT2D eigenvalue weighted by molar-refractivity contribution is 6.33. The molecule has 2 N–H and O–H groups in total. The molecule has 0 aliphatic heterocycles. The van der Waals surface area contributed by atoms with E-state index in [0.29, 0.717) is 33.3 Å². The van der Waals surface area contributed by atoms with Gasteiger partial charge in [0.25, 0.3) is 11.8 Å². The average molecular weight is 553 g/mol. The Labute approximate surface area is 237 Å². The number of pyridine rings is 1. The summed E-state index contributed by atoms with van der Waals surface area (Å²) in [7, 11) is 0. The van der Waals surface area contributed by atoms with Gasteiger partial charge in [-0.25, -0.2) is 4.98 Å². The summed E-state index contributed by atoms with van der Waals surface area (Å²) >= 11 is 6.47. The fourth-order valence-electron chi connectivity index (χ4n) is 4.65. The van der Waals surface area contributed by atoms with E-state index in [1.807, 2.05) is 65.0 Å². The number of carbonyl (C=O) groups is 2. The van der Waals surface area contributed by atoms with Crippen molar-refractivity contribution in [1.29, 1.82) is 0 Å². The summed E-state index contributed by atoms with van der Waals surface area (Å²) in [6, 6.07) is 21.7. The first-order chi connectivity index (χ1) is 19.0. The maximum atomic E-state index is 13.6. The number of nitrogens with one attached hydrogen (secondary N) is 2. The topological polar surface area (TPSA) is 97.1 Å². The smallest absolute Gasteiger partial charge is 0.256 e. The first kappa shape index (κ1) is 27.1. The van der Waals surface area contributed by atoms with Gasteiger partial charge in [0, 0.05) is 33.3 Å². The summed E-state index contributed by atoms with van der Waals surface area (Å²) < 4.78 is 5.34. The van der Waals surface area contributed by atoms with Crippen molar-refractivity contribution in [2.45, 2.75) is 40.2 Å². The third-order valence-electron chi connectivity index (χ3n) is 6.72. The molecule has 0 spiro atoms. The molecule has 0 saturated carbocycles. The van der Waals surface area contributed by atoms with Crippen molar-refractivity contribution in [1.82, 2.24) is 15.5 Å². The Morgan fingerprint density at radius 2 is 1.62 bits per heavy atom. The fourth-order valence-corrected chi connectivity index (χ4v) is 4.89. The first-order valence-electron chi connectivity index (χ1n) is 12.9. The van der Waals surface area contributed by atoms with Gasteiger partial charge < -0.3 is 15.2 Å². The summed E-state index contributed by atoms with van der Waals surface area (Å²) in [4.78, 5) is 31.4. The Morgan fingerprint density at radius 1 is 0.900 bits per heavy atom. The highest BCUT2D eigenvalue weighted by atomic mass is 35.5. The van der Waals surface area contributed by atoms with E-state index < -0.39 is 5.54 Å². The van der Waals surface area contributed by atoms with Crippen molar-refractivity contribution < 1.29 is 14.1 Å². The molecule has 3 aromatic carbocycles. The van der Waals surface area contributed by atoms with Crippen LogP contribution in [-0.2, 0) is 5.54 Å². The molecule has 40 heavy (non-hydrogen) atoms. The zero-order valence-corrected chi connectivity index (χ0v) is 23.7. The van der Waals surface area contributed by atoms with Crippen molar-refractivity contribution in [2.24, 2.45) is 0 Å². The number of hydrogen-bond acceptors (Lipinski definition) is 5. The monoisotopic (exact) mass is 552 g/mol. The lowest BCUT2D eigenvalue weighted by Crippen LogP contribution is -2.40. The molecule has 0 unspecified atom stereocenters. The molecular weight excluding hydrogens is 524 g/mol. The van der Waals surface area contributed by atoms with Gasteiger partial charge in [-0.05, 0) is 82.6 Å². The van der Waals surface area contributed by atoms with E-state index in [1.165, 1.54) is 0 Å². The van der Waals surface area contributed by atoms with Gasteiger partial charge in [-0.15, -0.1) is 0 Å². The van der Waals surface area contributed by atoms with Crippen LogP contribution in [0.15, 0.2) is 77.3 Å². The van der Waals surface area contributed by atoms with Crippen LogP contribution in [0.2, 0.25) is 5.02 Å². The molecule has 0 bridgehead atoms. The fraction of sp³-hybridized carbons (Fsp3) is 0.188. The first-order valence-corrected chi connectivity index (χ1v) is 13.2. The second kappa shape index (κ2) is 10.6. The second-order valence-corrected chi connectivity index (χ2v) is 10.9. The van der Waals surface area contributed by atoms with Gasteiger partial charge in [0.15, 0.2) is 5.76 Å². The minimum atomic E-state index is -0.747. The number of halogens is 1. The average Bonchev–Trinajstić information content (AvgIpc) is 3.36. The third kappa shape index (κ3) is 5.46. The predicted octanol–water partition coefficient (Wildman–Crippen LogP) is 7.39. The highest BCUT2D eigenvalue weighted by Gasteiger charge is 2.28. The van der Waals surface area contributed by atoms with E-state index in [2.05, 4.69) is 15.8 Å². The molecule has 2 aromatic heterocycles. The molecule has 0 atom stereocenters. The largest absolute Gasteiger partial charge is 0.359 e. The summed E-state index contributed by atoms with van der Waals surface area (Å²) in [5, 5.41) is 11.2. The van der Waals surface area contributed by atoms with Crippen LogP contribution in [0.25, 0.3) is 22.2 Å². The minimum absolute atomic E-state index is 0.271. The Morgan fingerprint density at radius 3 is 2.30 bits per heavy atom. The molecule has 0 saturated heterocycles. The van der Waals surface area contributed by atoms with Crippen molar-refractivity contribution in [3.63, 3.8) is 0 Å². The number of benzene rings is 3. The van der Waals surface area contributed by atoms with Crippen LogP contribution >= 0.6 is 11.6 Å². The maximum Gasteiger partial charge on any atom is 0.256 e. The third-order valence-corrected chi connectivity index (χ3v) is 7.05. The zero-order valence-electron chi connectivity index (χ0n) is 22.9. The number of aromatic nitrogens is 2. The standard InChI is InChI=1S/C32H29ClN4O3/c1-18-14-19(2)29-24(15-18)25(17-27(35-29)23-8-6-7-9-26(23)33)31(39)34-22-12-10-21(11-13-22)30(38)36-32(4,5)28-16-20(3)37-40-28/h6-17H,1-5H3,(H,34,39)(H,36,38). The van der Waals surface area contributed by atoms with Crippen molar-refractivity contribution in [3.05, 3.63) is 112 Å². The van der Waals surface area contributed by atoms with Gasteiger partial charge in [-0.1, -0.05) is 46.6 Å². The number of anilines is 1. The normalized spacial score (nSPS) is 11.4. The lowest BCUT2D eigenvalue weighted by molar-refractivity contribution is 0.0897. The Balaban J connectivity index is 1.42. The Bertz CT molecular complexity index is 1760. The molecule has 8 heteroatoms. The molecule has 2 heterocycles. The number of hydrogen-bond donors (Lipinski definition) is 2. The van der Waals surface area contributed by atoms with Crippen molar-refractivity contribution in [2.75, 3.05) is 5.32 Å². The molecule has 5 aromatic rings. The number of aryl methyl sites for hydroxylation is 3. The van der Waals surface area contributed by atoms with E-state index in [1.54, 1.807) is 42.5 Å². The number of fused-ring (bicyclic) bond motifs is 1. The Kier molecular flexibility index (Phi) is 7.17. The molecule has 0 aliphatic carbocycles. The van der Waals surface area contributed by atoms with E-state index in [4.69, 9.17) is 21.1 Å². The van der Waals surface area contributed by atoms with Crippen LogP contribution in [-0.4, -0.2) is 22.0 Å². The SMILES string of the molecule is Cc1cc(C)c2nc(-c3ccccc3Cl)cc(C(=O)Nc3ccc(C(=O)NC(C)(C)c4cc(C)no4)cc3)c2c1. The number of carbonyl (C=O) groups excluding carboxylic acids is 2. The summed E-state index contributed by atoms with van der Waals surface area (Å²) in [5.41, 5.74) is 5.59. The van der Waals surface area contributed by atoms with E-state index in [-0.39, 0.29) is 11.8 Å². The molecule has 7 nitrogen and oxygen atoms in total. The van der Waals surface area contributed by atoms with Crippen molar-refractivity contribution >= 4 is 40.0 Å². The molecule has 0 aliphatic rings. The van der Waals surface area contributed by atoms with Crippen LogP contribution in [0.1, 0.15) is 57.1 Å². The quantitative estimate of drug-likeness (QED) is 0.229. The molecule has 2 amide bonds. The molecule has 0 fully saturated rings. The number of amides is 2. The molecular formula is C32H29ClN4O3. The minimum Gasteiger partial charge on any atom is -0.359 e. The van der Waals surface area contributed by atoms with Gasteiger partial charge in [-0.3, -0.25) is 9.59 Å². The van der Waals surface area contributed by atoms with E-state index >= 15 is 0 Å². The Hall–Kier alpha value is -4.49. The lowest BCUT2D eigenvalue weighted by Gasteiger charge is -2.23. The van der Waals surface area contributed by atoms with Crippen LogP contribution in [0.4, 0.5) is 5.69 Å². The van der Waals surface area contributed by atoms with E-state index in [9.17, 15) is 9.59 Å². The summed E-state index contributed by atoms with van der Waals surface area (Å²) in [6.07, 6.45) is 0. The lowest BCUT2D eigenvalue weighted by atomic mass is 9.99. The molecule has 0 radical (unpaired) electrons. The van der Waals surface area contributed by atoms with Crippen LogP contribution in [0.5, 0.6) is 0 Å². The van der Waals surface area contributed by atoms with Crippen LogP contribution < -0.4 is 10.6 Å². The van der Waals surface area contributed by atoms with Gasteiger partial charge in [0.2, 0.25) is 0 Å². The summed E-state index contributed by atoms with van der Waals surface area (Å²) in [6.45, 7) is 9.49. The number of rotatable bonds is 6. The highest BCUT2D eigenvalue weighted by Crippen LogP contribution is 2.32. The zero-order chi connectivity index (χ0) is 28.6. The predicted molar refractivity (Wildman–Crippen MR) is 158 cm³/mol. The summed E-state index contributed by atoms with van der Waals surface area (Å²) in [5.74, 6) is 0.00515. The number of nitrogens with zero attached hydrogens (tertiary/aromatic N) is 2. The van der Waals surface area contributed by atoms with Gasteiger partial charge in [0.05, 0.1) is 28.0 Å². The molecule has 202 valence electrons. The van der Waals surface area contributed by atoms with Gasteiger partial charge in [0.1, 0.15) is 0 Å². The second-order valence-electron chi connectivity index (χ2n) is 10.5. The van der Waals surface area contributed by atoms with Crippen LogP contribution in [0, 0.1) is 20.8 Å². The van der Waals surface area contributed by atoms with Gasteiger partial charge in [-0.2, -0.15) is 0 Å². The van der Waals surface area contributed by atoms with E-state index in [0.717, 1.165) is 33.3 Å². The molecule has 5 rings (SSSR count). The van der Waals surface area contributed by atoms with Gasteiger partial charge >= 0.3 is 0 Å². The maximum absolute atomic E-state index is 13.6. The van der Waals surface area contributed by atoms with Crippen LogP contribution in [0.3, 0.4) is 0 Å². The van der Waals surface area contributed by atoms with Crippen molar-refractivity contribution in [3.8, 4) is 11.3 Å².